The Morgan fingerprint density at radius 1 is 1.40 bits per heavy atom. The predicted octanol–water partition coefficient (Wildman–Crippen LogP) is 2.05. The van der Waals surface area contributed by atoms with Crippen molar-refractivity contribution < 1.29 is 14.4 Å². The number of hydrogen-bond acceptors (Lipinski definition) is 5. The largest absolute Gasteiger partial charge is 0.481 e. The Bertz CT molecular complexity index is 482. The molecule has 0 aliphatic carbocycles. The SMILES string of the molecule is CC1(C(=O)O)CCN(Cc2noc(C(C)(C)C)n2)CC1. The van der Waals surface area contributed by atoms with E-state index in [0.29, 0.717) is 31.1 Å². The van der Waals surface area contributed by atoms with Gasteiger partial charge in [0.05, 0.1) is 12.0 Å². The Morgan fingerprint density at radius 2 is 2.00 bits per heavy atom. The summed E-state index contributed by atoms with van der Waals surface area (Å²) in [6.45, 7) is 10.0. The second-order valence-electron chi connectivity index (χ2n) is 6.91. The van der Waals surface area contributed by atoms with Gasteiger partial charge in [-0.05, 0) is 32.9 Å². The highest BCUT2D eigenvalue weighted by molar-refractivity contribution is 5.74. The molecule has 1 aliphatic rings. The van der Waals surface area contributed by atoms with Crippen LogP contribution >= 0.6 is 0 Å². The van der Waals surface area contributed by atoms with Crippen molar-refractivity contribution in [2.24, 2.45) is 5.41 Å². The molecule has 0 radical (unpaired) electrons. The molecule has 0 atom stereocenters. The number of carboxylic acids is 1. The van der Waals surface area contributed by atoms with Gasteiger partial charge in [-0.25, -0.2) is 0 Å². The summed E-state index contributed by atoms with van der Waals surface area (Å²) >= 11 is 0. The smallest absolute Gasteiger partial charge is 0.309 e. The molecule has 20 heavy (non-hydrogen) atoms. The first-order chi connectivity index (χ1) is 9.21. The molecule has 1 saturated heterocycles. The third-order valence-corrected chi connectivity index (χ3v) is 3.95. The first-order valence-electron chi connectivity index (χ1n) is 6.99. The summed E-state index contributed by atoms with van der Waals surface area (Å²) in [6, 6.07) is 0. The second-order valence-corrected chi connectivity index (χ2v) is 6.91. The van der Waals surface area contributed by atoms with Crippen molar-refractivity contribution in [2.75, 3.05) is 13.1 Å². The van der Waals surface area contributed by atoms with Gasteiger partial charge in [-0.15, -0.1) is 0 Å². The zero-order valence-electron chi connectivity index (χ0n) is 12.6. The van der Waals surface area contributed by atoms with Crippen LogP contribution in [0, 0.1) is 5.41 Å². The van der Waals surface area contributed by atoms with Crippen LogP contribution in [-0.4, -0.2) is 39.2 Å². The molecule has 112 valence electrons. The average Bonchev–Trinajstić information content (AvgIpc) is 2.80. The molecule has 1 aromatic heterocycles. The summed E-state index contributed by atoms with van der Waals surface area (Å²) in [5.41, 5.74) is -0.737. The van der Waals surface area contributed by atoms with E-state index in [9.17, 15) is 9.90 Å². The van der Waals surface area contributed by atoms with Gasteiger partial charge < -0.3 is 9.63 Å². The zero-order chi connectivity index (χ0) is 15.0. The number of aromatic nitrogens is 2. The number of nitrogens with zero attached hydrogens (tertiary/aromatic N) is 3. The van der Waals surface area contributed by atoms with Crippen molar-refractivity contribution in [1.82, 2.24) is 15.0 Å². The Labute approximate surface area is 119 Å². The lowest BCUT2D eigenvalue weighted by atomic mass is 9.80. The topological polar surface area (TPSA) is 79.5 Å². The van der Waals surface area contributed by atoms with Crippen molar-refractivity contribution in [3.63, 3.8) is 0 Å². The molecule has 2 heterocycles. The lowest BCUT2D eigenvalue weighted by molar-refractivity contribution is -0.150. The summed E-state index contributed by atoms with van der Waals surface area (Å²) in [7, 11) is 0. The molecule has 0 spiro atoms. The maximum absolute atomic E-state index is 11.2. The van der Waals surface area contributed by atoms with Crippen LogP contribution in [0.5, 0.6) is 0 Å². The minimum Gasteiger partial charge on any atom is -0.481 e. The lowest BCUT2D eigenvalue weighted by Gasteiger charge is -2.35. The fraction of sp³-hybridized carbons (Fsp3) is 0.786. The van der Waals surface area contributed by atoms with E-state index in [0.717, 1.165) is 13.1 Å². The Morgan fingerprint density at radius 3 is 2.45 bits per heavy atom. The molecule has 1 fully saturated rings. The van der Waals surface area contributed by atoms with Gasteiger partial charge in [0.1, 0.15) is 0 Å². The van der Waals surface area contributed by atoms with Gasteiger partial charge in [-0.1, -0.05) is 25.9 Å². The highest BCUT2D eigenvalue weighted by atomic mass is 16.5. The van der Waals surface area contributed by atoms with Crippen LogP contribution in [0.1, 0.15) is 52.3 Å². The van der Waals surface area contributed by atoms with E-state index in [1.165, 1.54) is 0 Å². The molecule has 0 amide bonds. The van der Waals surface area contributed by atoms with Crippen molar-refractivity contribution in [3.05, 3.63) is 11.7 Å². The number of hydrogen-bond donors (Lipinski definition) is 1. The van der Waals surface area contributed by atoms with E-state index in [-0.39, 0.29) is 5.41 Å². The molecular formula is C14H23N3O3. The van der Waals surface area contributed by atoms with Crippen LogP contribution in [0.2, 0.25) is 0 Å². The third-order valence-electron chi connectivity index (χ3n) is 3.95. The van der Waals surface area contributed by atoms with Crippen LogP contribution < -0.4 is 0 Å². The first-order valence-corrected chi connectivity index (χ1v) is 6.99. The molecule has 0 unspecified atom stereocenters. The fourth-order valence-electron chi connectivity index (χ4n) is 2.24. The highest BCUT2D eigenvalue weighted by Crippen LogP contribution is 2.31. The summed E-state index contributed by atoms with van der Waals surface area (Å²) in [5, 5.41) is 13.2. The number of rotatable bonds is 3. The molecule has 1 aliphatic heterocycles. The summed E-state index contributed by atoms with van der Waals surface area (Å²) in [4.78, 5) is 17.8. The van der Waals surface area contributed by atoms with Crippen LogP contribution in [0.15, 0.2) is 4.52 Å². The number of aliphatic carboxylic acids is 1. The van der Waals surface area contributed by atoms with Crippen LogP contribution in [0.25, 0.3) is 0 Å². The number of likely N-dealkylation sites (tertiary alicyclic amines) is 1. The maximum atomic E-state index is 11.2. The van der Waals surface area contributed by atoms with E-state index in [2.05, 4.69) is 15.0 Å². The molecule has 0 aromatic carbocycles. The van der Waals surface area contributed by atoms with Gasteiger partial charge >= 0.3 is 5.97 Å². The molecule has 0 saturated carbocycles. The minimum atomic E-state index is -0.702. The zero-order valence-corrected chi connectivity index (χ0v) is 12.6. The predicted molar refractivity (Wildman–Crippen MR) is 73.3 cm³/mol. The fourth-order valence-corrected chi connectivity index (χ4v) is 2.24. The summed E-state index contributed by atoms with van der Waals surface area (Å²) in [5.74, 6) is 0.612. The number of piperidine rings is 1. The Balaban J connectivity index is 1.93. The molecule has 0 bridgehead atoms. The molecule has 1 N–H and O–H groups in total. The van der Waals surface area contributed by atoms with Gasteiger partial charge in [-0.2, -0.15) is 4.98 Å². The van der Waals surface area contributed by atoms with Crippen molar-refractivity contribution in [3.8, 4) is 0 Å². The van der Waals surface area contributed by atoms with E-state index in [1.54, 1.807) is 0 Å². The molecule has 2 rings (SSSR count). The van der Waals surface area contributed by atoms with E-state index in [1.807, 2.05) is 27.7 Å². The van der Waals surface area contributed by atoms with Gasteiger partial charge in [0.2, 0.25) is 5.89 Å². The summed E-state index contributed by atoms with van der Waals surface area (Å²) in [6.07, 6.45) is 1.32. The standard InChI is InChI=1S/C14H23N3O3/c1-13(2,3)11-15-10(16-20-11)9-17-7-5-14(4,6-8-17)12(18)19/h5-9H2,1-4H3,(H,18,19). The molecular weight excluding hydrogens is 258 g/mol. The molecule has 1 aromatic rings. The van der Waals surface area contributed by atoms with Crippen LogP contribution in [-0.2, 0) is 16.8 Å². The minimum absolute atomic E-state index is 0.144. The Hall–Kier alpha value is -1.43. The Kier molecular flexibility index (Phi) is 3.86. The normalized spacial score (nSPS) is 20.0. The van der Waals surface area contributed by atoms with E-state index < -0.39 is 11.4 Å². The first kappa shape index (κ1) is 15.0. The molecule has 6 nitrogen and oxygen atoms in total. The van der Waals surface area contributed by atoms with E-state index >= 15 is 0 Å². The van der Waals surface area contributed by atoms with Crippen LogP contribution in [0.3, 0.4) is 0 Å². The highest BCUT2D eigenvalue weighted by Gasteiger charge is 2.37. The molecule has 6 heteroatoms. The average molecular weight is 281 g/mol. The second kappa shape index (κ2) is 5.16. The number of carbonyl (C=O) groups is 1. The third kappa shape index (κ3) is 3.17. The van der Waals surface area contributed by atoms with Gasteiger partial charge in [0, 0.05) is 5.41 Å². The summed E-state index contributed by atoms with van der Waals surface area (Å²) < 4.78 is 5.27. The lowest BCUT2D eigenvalue weighted by Crippen LogP contribution is -2.42. The van der Waals surface area contributed by atoms with Gasteiger partial charge in [0.25, 0.3) is 0 Å². The van der Waals surface area contributed by atoms with E-state index in [4.69, 9.17) is 4.52 Å². The van der Waals surface area contributed by atoms with Crippen LogP contribution in [0.4, 0.5) is 0 Å². The van der Waals surface area contributed by atoms with Gasteiger partial charge in [-0.3, -0.25) is 9.69 Å². The quantitative estimate of drug-likeness (QED) is 0.913. The van der Waals surface area contributed by atoms with Crippen molar-refractivity contribution >= 4 is 5.97 Å². The van der Waals surface area contributed by atoms with Crippen molar-refractivity contribution in [2.45, 2.75) is 52.5 Å². The maximum Gasteiger partial charge on any atom is 0.309 e. The van der Waals surface area contributed by atoms with Gasteiger partial charge in [0.15, 0.2) is 5.82 Å². The number of carboxylic acid groups (broad SMARTS) is 1. The monoisotopic (exact) mass is 281 g/mol. The van der Waals surface area contributed by atoms with Crippen molar-refractivity contribution in [1.29, 1.82) is 0 Å².